The molecular weight excluding hydrogens is 340 g/mol. The lowest BCUT2D eigenvalue weighted by molar-refractivity contribution is -0.137. The van der Waals surface area contributed by atoms with Gasteiger partial charge in [0.25, 0.3) is 0 Å². The van der Waals surface area contributed by atoms with Crippen molar-refractivity contribution in [3.8, 4) is 5.75 Å². The molecule has 1 saturated heterocycles. The first-order valence-corrected chi connectivity index (χ1v) is 10.3. The van der Waals surface area contributed by atoms with Crippen molar-refractivity contribution in [2.45, 2.75) is 64.0 Å². The third kappa shape index (κ3) is 5.23. The molecule has 1 aromatic carbocycles. The lowest BCUT2D eigenvalue weighted by Crippen LogP contribution is -2.51. The summed E-state index contributed by atoms with van der Waals surface area (Å²) in [7, 11) is 2.06. The number of piperidine rings is 1. The number of hydrogen-bond donors (Lipinski definition) is 1. The zero-order valence-electron chi connectivity index (χ0n) is 17.0. The molecule has 27 heavy (non-hydrogen) atoms. The Balaban J connectivity index is 1.45. The van der Waals surface area contributed by atoms with Crippen LogP contribution in [0.2, 0.25) is 0 Å². The highest BCUT2D eigenvalue weighted by Crippen LogP contribution is 2.26. The van der Waals surface area contributed by atoms with Gasteiger partial charge >= 0.3 is 0 Å². The molecule has 0 bridgehead atoms. The summed E-state index contributed by atoms with van der Waals surface area (Å²) in [5.41, 5.74) is 1.56. The van der Waals surface area contributed by atoms with Gasteiger partial charge in [-0.3, -0.25) is 9.69 Å². The highest BCUT2D eigenvalue weighted by atomic mass is 16.5. The lowest BCUT2D eigenvalue weighted by atomic mass is 9.92. The Morgan fingerprint density at radius 2 is 1.89 bits per heavy atom. The number of carbonyl (C=O) groups is 1. The van der Waals surface area contributed by atoms with E-state index in [0.29, 0.717) is 38.5 Å². The van der Waals surface area contributed by atoms with Crippen LogP contribution in [-0.2, 0) is 4.79 Å². The van der Waals surface area contributed by atoms with Gasteiger partial charge < -0.3 is 14.7 Å². The molecule has 2 aliphatic rings. The fourth-order valence-electron chi connectivity index (χ4n) is 4.13. The quantitative estimate of drug-likeness (QED) is 0.832. The molecule has 1 N–H and O–H groups in total. The average Bonchev–Trinajstić information content (AvgIpc) is 3.18. The maximum Gasteiger partial charge on any atom is 0.236 e. The molecule has 5 heteroatoms. The molecule has 0 atom stereocenters. The second-order valence-corrected chi connectivity index (χ2v) is 8.49. The maximum atomic E-state index is 12.6. The zero-order chi connectivity index (χ0) is 19.4. The first kappa shape index (κ1) is 20.2. The normalized spacial score (nSPS) is 20.3. The molecule has 150 valence electrons. The van der Waals surface area contributed by atoms with Gasteiger partial charge in [-0.1, -0.05) is 18.9 Å². The SMILES string of the molecule is Cc1ccc(OCC2(O)CCN(C(=O)CN(C)C3CCCC3)CC2)cc1C. The van der Waals surface area contributed by atoms with Gasteiger partial charge in [-0.15, -0.1) is 0 Å². The van der Waals surface area contributed by atoms with Crippen molar-refractivity contribution >= 4 is 5.91 Å². The molecule has 3 rings (SSSR count). The Labute approximate surface area is 163 Å². The molecule has 5 nitrogen and oxygen atoms in total. The number of likely N-dealkylation sites (N-methyl/N-ethyl adjacent to an activating group) is 1. The zero-order valence-corrected chi connectivity index (χ0v) is 17.0. The third-order valence-electron chi connectivity index (χ3n) is 6.37. The largest absolute Gasteiger partial charge is 0.491 e. The van der Waals surface area contributed by atoms with E-state index in [2.05, 4.69) is 25.8 Å². The summed E-state index contributed by atoms with van der Waals surface area (Å²) in [4.78, 5) is 16.7. The van der Waals surface area contributed by atoms with E-state index < -0.39 is 5.60 Å². The van der Waals surface area contributed by atoms with Crippen molar-refractivity contribution in [3.05, 3.63) is 29.3 Å². The van der Waals surface area contributed by atoms with Crippen LogP contribution in [0.4, 0.5) is 0 Å². The number of rotatable bonds is 6. The standard InChI is InChI=1S/C22H34N2O3/c1-17-8-9-20(14-18(17)2)27-16-22(26)10-12-24(13-11-22)21(25)15-23(3)19-6-4-5-7-19/h8-9,14,19,26H,4-7,10-13,15-16H2,1-3H3. The van der Waals surface area contributed by atoms with Crippen LogP contribution in [0.1, 0.15) is 49.7 Å². The van der Waals surface area contributed by atoms with Gasteiger partial charge in [0.05, 0.1) is 6.54 Å². The molecule has 1 heterocycles. The molecular formula is C22H34N2O3. The lowest BCUT2D eigenvalue weighted by Gasteiger charge is -2.38. The van der Waals surface area contributed by atoms with Crippen LogP contribution in [0.25, 0.3) is 0 Å². The third-order valence-corrected chi connectivity index (χ3v) is 6.37. The van der Waals surface area contributed by atoms with E-state index in [4.69, 9.17) is 4.74 Å². The van der Waals surface area contributed by atoms with Gasteiger partial charge in [0.2, 0.25) is 5.91 Å². The molecule has 1 aromatic rings. The summed E-state index contributed by atoms with van der Waals surface area (Å²) < 4.78 is 5.85. The van der Waals surface area contributed by atoms with E-state index in [9.17, 15) is 9.90 Å². The highest BCUT2D eigenvalue weighted by molar-refractivity contribution is 5.78. The van der Waals surface area contributed by atoms with E-state index in [0.717, 1.165) is 5.75 Å². The van der Waals surface area contributed by atoms with Crippen molar-refractivity contribution in [1.29, 1.82) is 0 Å². The molecule has 2 fully saturated rings. The van der Waals surface area contributed by atoms with Crippen LogP contribution in [0.5, 0.6) is 5.75 Å². The molecule has 1 aliphatic carbocycles. The monoisotopic (exact) mass is 374 g/mol. The number of amides is 1. The van der Waals surface area contributed by atoms with Crippen molar-refractivity contribution in [1.82, 2.24) is 9.80 Å². The Morgan fingerprint density at radius 3 is 2.52 bits per heavy atom. The van der Waals surface area contributed by atoms with Gasteiger partial charge in [0.15, 0.2) is 0 Å². The average molecular weight is 375 g/mol. The second kappa shape index (κ2) is 8.61. The molecule has 0 radical (unpaired) electrons. The van der Waals surface area contributed by atoms with Crippen LogP contribution in [0.3, 0.4) is 0 Å². The summed E-state index contributed by atoms with van der Waals surface area (Å²) in [6.07, 6.45) is 6.10. The Bertz CT molecular complexity index is 647. The van der Waals surface area contributed by atoms with E-state index in [1.807, 2.05) is 23.1 Å². The number of aliphatic hydroxyl groups is 1. The highest BCUT2D eigenvalue weighted by Gasteiger charge is 2.35. The minimum absolute atomic E-state index is 0.182. The summed E-state index contributed by atoms with van der Waals surface area (Å²) >= 11 is 0. The molecule has 0 spiro atoms. The Morgan fingerprint density at radius 1 is 1.22 bits per heavy atom. The predicted molar refractivity (Wildman–Crippen MR) is 107 cm³/mol. The van der Waals surface area contributed by atoms with Crippen LogP contribution >= 0.6 is 0 Å². The van der Waals surface area contributed by atoms with E-state index in [1.165, 1.54) is 36.8 Å². The predicted octanol–water partition coefficient (Wildman–Crippen LogP) is 2.91. The fraction of sp³-hybridized carbons (Fsp3) is 0.682. The minimum Gasteiger partial charge on any atom is -0.491 e. The van der Waals surface area contributed by atoms with Crippen LogP contribution < -0.4 is 4.74 Å². The molecule has 1 aliphatic heterocycles. The molecule has 1 saturated carbocycles. The number of ether oxygens (including phenoxy) is 1. The van der Waals surface area contributed by atoms with E-state index in [-0.39, 0.29) is 12.5 Å². The van der Waals surface area contributed by atoms with Crippen molar-refractivity contribution in [3.63, 3.8) is 0 Å². The number of likely N-dealkylation sites (tertiary alicyclic amines) is 1. The summed E-state index contributed by atoms with van der Waals surface area (Å²) in [6, 6.07) is 6.55. The van der Waals surface area contributed by atoms with E-state index >= 15 is 0 Å². The van der Waals surface area contributed by atoms with Gasteiger partial charge in [0.1, 0.15) is 18.0 Å². The molecule has 0 aromatic heterocycles. The number of benzene rings is 1. The van der Waals surface area contributed by atoms with Crippen LogP contribution in [-0.4, -0.2) is 65.7 Å². The number of aryl methyl sites for hydroxylation is 2. The smallest absolute Gasteiger partial charge is 0.236 e. The number of carbonyl (C=O) groups excluding carboxylic acids is 1. The summed E-state index contributed by atoms with van der Waals surface area (Å²) in [6.45, 7) is 6.10. The topological polar surface area (TPSA) is 53.0 Å². The van der Waals surface area contributed by atoms with Gasteiger partial charge in [-0.25, -0.2) is 0 Å². The van der Waals surface area contributed by atoms with Gasteiger partial charge in [-0.2, -0.15) is 0 Å². The van der Waals surface area contributed by atoms with Crippen molar-refractivity contribution in [2.75, 3.05) is 33.3 Å². The first-order chi connectivity index (χ1) is 12.9. The Kier molecular flexibility index (Phi) is 6.43. The molecule has 1 amide bonds. The summed E-state index contributed by atoms with van der Waals surface area (Å²) in [5.74, 6) is 0.977. The first-order valence-electron chi connectivity index (χ1n) is 10.3. The fourth-order valence-corrected chi connectivity index (χ4v) is 4.13. The minimum atomic E-state index is -0.854. The number of nitrogens with zero attached hydrogens (tertiary/aromatic N) is 2. The van der Waals surface area contributed by atoms with Crippen LogP contribution in [0.15, 0.2) is 18.2 Å². The maximum absolute atomic E-state index is 12.6. The second-order valence-electron chi connectivity index (χ2n) is 8.49. The van der Waals surface area contributed by atoms with E-state index in [1.54, 1.807) is 0 Å². The van der Waals surface area contributed by atoms with Gasteiger partial charge in [0, 0.05) is 19.1 Å². The van der Waals surface area contributed by atoms with Crippen LogP contribution in [0, 0.1) is 13.8 Å². The summed E-state index contributed by atoms with van der Waals surface area (Å²) in [5, 5.41) is 10.8. The van der Waals surface area contributed by atoms with Crippen molar-refractivity contribution < 1.29 is 14.6 Å². The molecule has 0 unspecified atom stereocenters. The van der Waals surface area contributed by atoms with Gasteiger partial charge in [-0.05, 0) is 69.8 Å². The van der Waals surface area contributed by atoms with Crippen molar-refractivity contribution in [2.24, 2.45) is 0 Å². The number of hydrogen-bond acceptors (Lipinski definition) is 4. The Hall–Kier alpha value is -1.59.